The molecule has 6 heteroatoms. The molecule has 0 radical (unpaired) electrons. The van der Waals surface area contributed by atoms with Gasteiger partial charge in [0.25, 0.3) is 5.91 Å². The van der Waals surface area contributed by atoms with Gasteiger partial charge >= 0.3 is 5.97 Å². The molecule has 1 heterocycles. The number of carboxylic acid groups (broad SMARTS) is 1. The molecule has 1 amide bonds. The summed E-state index contributed by atoms with van der Waals surface area (Å²) in [5, 5.41) is 14.5. The summed E-state index contributed by atoms with van der Waals surface area (Å²) < 4.78 is 0.966. The van der Waals surface area contributed by atoms with Gasteiger partial charge in [0.2, 0.25) is 0 Å². The fourth-order valence-electron chi connectivity index (χ4n) is 2.33. The average molecular weight is 385 g/mol. The monoisotopic (exact) mass is 384 g/mol. The van der Waals surface area contributed by atoms with Gasteiger partial charge in [-0.15, -0.1) is 0 Å². The highest BCUT2D eigenvalue weighted by atomic mass is 79.9. The Morgan fingerprint density at radius 2 is 1.75 bits per heavy atom. The third-order valence-electron chi connectivity index (χ3n) is 3.60. The summed E-state index contributed by atoms with van der Waals surface area (Å²) in [5.41, 5.74) is 2.73. The number of hydrogen-bond acceptors (Lipinski definition) is 3. The molecule has 120 valence electrons. The minimum Gasteiger partial charge on any atom is -0.478 e. The highest BCUT2D eigenvalue weighted by molar-refractivity contribution is 9.10. The molecule has 0 saturated carbocycles. The van der Waals surface area contributed by atoms with E-state index in [1.807, 2.05) is 24.3 Å². The number of aromatic carboxylic acids is 1. The zero-order valence-corrected chi connectivity index (χ0v) is 14.3. The number of halogens is 1. The van der Waals surface area contributed by atoms with E-state index in [0.717, 1.165) is 10.0 Å². The largest absolute Gasteiger partial charge is 0.478 e. The van der Waals surface area contributed by atoms with E-state index in [4.69, 9.17) is 5.11 Å². The Morgan fingerprint density at radius 1 is 1.12 bits per heavy atom. The van der Waals surface area contributed by atoms with Gasteiger partial charge in [0.1, 0.15) is 0 Å². The van der Waals surface area contributed by atoms with Gasteiger partial charge in [-0.1, -0.05) is 28.1 Å². The van der Waals surface area contributed by atoms with Gasteiger partial charge in [0.15, 0.2) is 0 Å². The number of amides is 1. The molecule has 0 aromatic heterocycles. The number of carboxylic acids is 1. The third-order valence-corrected chi connectivity index (χ3v) is 4.13. The summed E-state index contributed by atoms with van der Waals surface area (Å²) in [4.78, 5) is 23.5. The smallest absolute Gasteiger partial charge is 0.335 e. The van der Waals surface area contributed by atoms with Crippen LogP contribution in [0.1, 0.15) is 22.8 Å². The van der Waals surface area contributed by atoms with Gasteiger partial charge in [-0.25, -0.2) is 4.79 Å². The van der Waals surface area contributed by atoms with E-state index in [9.17, 15) is 9.59 Å². The lowest BCUT2D eigenvalue weighted by atomic mass is 10.1. The summed E-state index contributed by atoms with van der Waals surface area (Å²) in [6.07, 6.45) is 1.79. The van der Waals surface area contributed by atoms with Crippen molar-refractivity contribution in [3.05, 3.63) is 69.7 Å². The number of anilines is 1. The van der Waals surface area contributed by atoms with Crippen molar-refractivity contribution in [2.45, 2.75) is 6.92 Å². The maximum Gasteiger partial charge on any atom is 0.335 e. The topological polar surface area (TPSA) is 70.0 Å². The lowest BCUT2D eigenvalue weighted by molar-refractivity contribution is -0.114. The van der Waals surface area contributed by atoms with Crippen LogP contribution in [0.4, 0.5) is 5.69 Å². The van der Waals surface area contributed by atoms with Gasteiger partial charge < -0.3 is 5.11 Å². The molecule has 0 unspecified atom stereocenters. The first-order chi connectivity index (χ1) is 11.5. The molecule has 0 aliphatic carbocycles. The molecule has 3 rings (SSSR count). The first-order valence-electron chi connectivity index (χ1n) is 7.16. The van der Waals surface area contributed by atoms with Crippen molar-refractivity contribution in [2.75, 3.05) is 5.01 Å². The maximum atomic E-state index is 12.6. The van der Waals surface area contributed by atoms with Crippen LogP contribution in [-0.2, 0) is 4.79 Å². The van der Waals surface area contributed by atoms with Crippen LogP contribution in [0, 0.1) is 0 Å². The van der Waals surface area contributed by atoms with Gasteiger partial charge in [0.05, 0.1) is 22.5 Å². The first kappa shape index (κ1) is 16.1. The van der Waals surface area contributed by atoms with Crippen LogP contribution in [-0.4, -0.2) is 22.7 Å². The summed E-state index contributed by atoms with van der Waals surface area (Å²) in [6.45, 7) is 1.77. The van der Waals surface area contributed by atoms with Crippen LogP contribution >= 0.6 is 15.9 Å². The van der Waals surface area contributed by atoms with Crippen molar-refractivity contribution in [2.24, 2.45) is 5.10 Å². The number of carbonyl (C=O) groups is 2. The molecular formula is C18H13BrN2O3. The first-order valence-corrected chi connectivity index (χ1v) is 7.95. The van der Waals surface area contributed by atoms with Crippen LogP contribution in [0.5, 0.6) is 0 Å². The molecule has 5 nitrogen and oxygen atoms in total. The van der Waals surface area contributed by atoms with Crippen LogP contribution in [0.2, 0.25) is 0 Å². The van der Waals surface area contributed by atoms with Crippen molar-refractivity contribution in [1.82, 2.24) is 0 Å². The van der Waals surface area contributed by atoms with Gasteiger partial charge in [-0.3, -0.25) is 4.79 Å². The number of rotatable bonds is 3. The van der Waals surface area contributed by atoms with Gasteiger partial charge in [-0.05, 0) is 55.0 Å². The van der Waals surface area contributed by atoms with E-state index in [2.05, 4.69) is 21.0 Å². The van der Waals surface area contributed by atoms with Crippen LogP contribution < -0.4 is 5.01 Å². The number of carbonyl (C=O) groups excluding carboxylic acids is 1. The predicted molar refractivity (Wildman–Crippen MR) is 96.1 cm³/mol. The molecule has 0 saturated heterocycles. The second-order valence-electron chi connectivity index (χ2n) is 5.26. The lowest BCUT2D eigenvalue weighted by Gasteiger charge is -2.11. The van der Waals surface area contributed by atoms with E-state index in [1.165, 1.54) is 17.1 Å². The normalized spacial score (nSPS) is 15.8. The number of hydrogen-bond donors (Lipinski definition) is 1. The van der Waals surface area contributed by atoms with E-state index in [0.29, 0.717) is 17.0 Å². The Morgan fingerprint density at radius 3 is 2.33 bits per heavy atom. The second kappa shape index (κ2) is 6.41. The van der Waals surface area contributed by atoms with Crippen molar-refractivity contribution in [3.8, 4) is 0 Å². The zero-order chi connectivity index (χ0) is 17.3. The number of hydrazone groups is 1. The Labute approximate surface area is 147 Å². The van der Waals surface area contributed by atoms with Crippen LogP contribution in [0.3, 0.4) is 0 Å². The van der Waals surface area contributed by atoms with Crippen molar-refractivity contribution < 1.29 is 14.7 Å². The summed E-state index contributed by atoms with van der Waals surface area (Å²) >= 11 is 3.38. The molecular weight excluding hydrogens is 372 g/mol. The predicted octanol–water partition coefficient (Wildman–Crippen LogP) is 3.95. The number of benzene rings is 2. The Hall–Kier alpha value is -2.73. The lowest BCUT2D eigenvalue weighted by Crippen LogP contribution is -2.21. The molecule has 0 fully saturated rings. The van der Waals surface area contributed by atoms with Gasteiger partial charge in [-0.2, -0.15) is 10.1 Å². The SMILES string of the molecule is CC1=NN(c2ccc(C(=O)O)cc2)C(=O)/C1=C/c1ccc(Br)cc1. The average Bonchev–Trinajstić information content (AvgIpc) is 2.85. The fraction of sp³-hybridized carbons (Fsp3) is 0.0556. The van der Waals surface area contributed by atoms with E-state index < -0.39 is 5.97 Å². The third kappa shape index (κ3) is 3.14. The standard InChI is InChI=1S/C18H13BrN2O3/c1-11-16(10-12-2-6-14(19)7-3-12)17(22)21(20-11)15-8-4-13(5-9-15)18(23)24/h2-10H,1H3,(H,23,24)/b16-10+. The summed E-state index contributed by atoms with van der Waals surface area (Å²) in [5.74, 6) is -1.25. The Kier molecular flexibility index (Phi) is 4.31. The van der Waals surface area contributed by atoms with Crippen molar-refractivity contribution in [3.63, 3.8) is 0 Å². The minimum atomic E-state index is -1.01. The number of nitrogens with zero attached hydrogens (tertiary/aromatic N) is 2. The molecule has 24 heavy (non-hydrogen) atoms. The quantitative estimate of drug-likeness (QED) is 0.814. The molecule has 0 atom stereocenters. The summed E-state index contributed by atoms with van der Waals surface area (Å²) in [7, 11) is 0. The molecule has 1 aliphatic rings. The summed E-state index contributed by atoms with van der Waals surface area (Å²) in [6, 6.07) is 13.7. The molecule has 1 aliphatic heterocycles. The fourth-order valence-corrected chi connectivity index (χ4v) is 2.59. The molecule has 0 spiro atoms. The maximum absolute atomic E-state index is 12.6. The van der Waals surface area contributed by atoms with Crippen molar-refractivity contribution >= 4 is 45.3 Å². The second-order valence-corrected chi connectivity index (χ2v) is 6.18. The minimum absolute atomic E-state index is 0.164. The zero-order valence-electron chi connectivity index (χ0n) is 12.7. The molecule has 2 aromatic rings. The Balaban J connectivity index is 1.90. The van der Waals surface area contributed by atoms with Crippen molar-refractivity contribution in [1.29, 1.82) is 0 Å². The van der Waals surface area contributed by atoms with E-state index in [1.54, 1.807) is 25.1 Å². The molecule has 2 aromatic carbocycles. The highest BCUT2D eigenvalue weighted by Gasteiger charge is 2.28. The van der Waals surface area contributed by atoms with E-state index in [-0.39, 0.29) is 11.5 Å². The van der Waals surface area contributed by atoms with Crippen LogP contribution in [0.25, 0.3) is 6.08 Å². The highest BCUT2D eigenvalue weighted by Crippen LogP contribution is 2.25. The Bertz CT molecular complexity index is 868. The van der Waals surface area contributed by atoms with E-state index >= 15 is 0 Å². The van der Waals surface area contributed by atoms with Crippen LogP contribution in [0.15, 0.2) is 63.7 Å². The molecule has 0 bridgehead atoms. The molecule has 1 N–H and O–H groups in total. The van der Waals surface area contributed by atoms with Gasteiger partial charge in [0, 0.05) is 4.47 Å².